The van der Waals surface area contributed by atoms with Crippen LogP contribution in [0.5, 0.6) is 5.75 Å². The van der Waals surface area contributed by atoms with E-state index in [0.717, 1.165) is 6.07 Å². The number of hydrogen-bond acceptors (Lipinski definition) is 2. The summed E-state index contributed by atoms with van der Waals surface area (Å²) in [6, 6.07) is 11.6. The van der Waals surface area contributed by atoms with Gasteiger partial charge in [0.15, 0.2) is 0 Å². The molecular weight excluding hydrogens is 236 g/mol. The number of ether oxygens (including phenoxy) is 1. The zero-order valence-electron chi connectivity index (χ0n) is 9.36. The van der Waals surface area contributed by atoms with Crippen LogP contribution in [0.3, 0.4) is 0 Å². The summed E-state index contributed by atoms with van der Waals surface area (Å²) in [4.78, 5) is 0. The van der Waals surface area contributed by atoms with Crippen molar-refractivity contribution in [2.75, 3.05) is 0 Å². The zero-order chi connectivity index (χ0) is 13.0. The minimum Gasteiger partial charge on any atom is -0.489 e. The number of halogens is 2. The lowest BCUT2D eigenvalue weighted by atomic mass is 10.1. The van der Waals surface area contributed by atoms with Gasteiger partial charge in [-0.3, -0.25) is 0 Å². The van der Waals surface area contributed by atoms with E-state index < -0.39 is 11.6 Å². The Bertz CT molecular complexity index is 605. The lowest BCUT2D eigenvalue weighted by Crippen LogP contribution is -1.99. The summed E-state index contributed by atoms with van der Waals surface area (Å²) in [6.07, 6.45) is 0. The van der Waals surface area contributed by atoms with Gasteiger partial charge in [-0.05, 0) is 24.3 Å². The SMILES string of the molecule is N#Cc1ccc(COc2cccc(F)c2)c(F)c1. The van der Waals surface area contributed by atoms with Crippen LogP contribution in [0.2, 0.25) is 0 Å². The van der Waals surface area contributed by atoms with E-state index in [2.05, 4.69) is 0 Å². The molecule has 0 aromatic heterocycles. The Kier molecular flexibility index (Phi) is 3.54. The largest absolute Gasteiger partial charge is 0.489 e. The molecule has 2 rings (SSSR count). The first-order valence-corrected chi connectivity index (χ1v) is 5.26. The second-order valence-corrected chi connectivity index (χ2v) is 3.66. The maximum absolute atomic E-state index is 13.5. The van der Waals surface area contributed by atoms with Gasteiger partial charge >= 0.3 is 0 Å². The number of nitrogens with zero attached hydrogens (tertiary/aromatic N) is 1. The van der Waals surface area contributed by atoms with Crippen molar-refractivity contribution in [3.63, 3.8) is 0 Å². The zero-order valence-corrected chi connectivity index (χ0v) is 9.36. The highest BCUT2D eigenvalue weighted by molar-refractivity contribution is 5.33. The van der Waals surface area contributed by atoms with Crippen molar-refractivity contribution in [3.05, 3.63) is 65.2 Å². The Morgan fingerprint density at radius 2 is 1.94 bits per heavy atom. The van der Waals surface area contributed by atoms with Crippen LogP contribution in [0.1, 0.15) is 11.1 Å². The predicted molar refractivity (Wildman–Crippen MR) is 61.8 cm³/mol. The van der Waals surface area contributed by atoms with Crippen LogP contribution < -0.4 is 4.74 Å². The van der Waals surface area contributed by atoms with Gasteiger partial charge in [-0.15, -0.1) is 0 Å². The van der Waals surface area contributed by atoms with Crippen LogP contribution in [-0.2, 0) is 6.61 Å². The average molecular weight is 245 g/mol. The Labute approximate surface area is 103 Å². The van der Waals surface area contributed by atoms with E-state index >= 15 is 0 Å². The van der Waals surface area contributed by atoms with Crippen molar-refractivity contribution >= 4 is 0 Å². The van der Waals surface area contributed by atoms with E-state index in [1.165, 1.54) is 30.3 Å². The summed E-state index contributed by atoms with van der Waals surface area (Å²) in [5, 5.41) is 8.60. The number of rotatable bonds is 3. The van der Waals surface area contributed by atoms with Crippen molar-refractivity contribution in [2.24, 2.45) is 0 Å². The van der Waals surface area contributed by atoms with Gasteiger partial charge in [0.2, 0.25) is 0 Å². The maximum Gasteiger partial charge on any atom is 0.131 e. The molecule has 18 heavy (non-hydrogen) atoms. The second kappa shape index (κ2) is 5.28. The molecular formula is C14H9F2NO. The highest BCUT2D eigenvalue weighted by atomic mass is 19.1. The van der Waals surface area contributed by atoms with Crippen molar-refractivity contribution in [1.82, 2.24) is 0 Å². The summed E-state index contributed by atoms with van der Waals surface area (Å²) in [5.41, 5.74) is 0.570. The lowest BCUT2D eigenvalue weighted by Gasteiger charge is -2.07. The molecule has 0 saturated carbocycles. The van der Waals surface area contributed by atoms with E-state index in [1.54, 1.807) is 6.07 Å². The van der Waals surface area contributed by atoms with E-state index in [9.17, 15) is 8.78 Å². The molecule has 4 heteroatoms. The topological polar surface area (TPSA) is 33.0 Å². The molecule has 0 saturated heterocycles. The van der Waals surface area contributed by atoms with Crippen LogP contribution in [0.15, 0.2) is 42.5 Å². The molecule has 2 nitrogen and oxygen atoms in total. The molecule has 0 heterocycles. The molecule has 0 spiro atoms. The van der Waals surface area contributed by atoms with Crippen LogP contribution >= 0.6 is 0 Å². The monoisotopic (exact) mass is 245 g/mol. The first kappa shape index (κ1) is 12.1. The minimum absolute atomic E-state index is 0.0129. The highest BCUT2D eigenvalue weighted by Gasteiger charge is 2.05. The molecule has 0 atom stereocenters. The van der Waals surface area contributed by atoms with E-state index in [4.69, 9.17) is 10.00 Å². The fourth-order valence-corrected chi connectivity index (χ4v) is 1.45. The molecule has 0 bridgehead atoms. The van der Waals surface area contributed by atoms with Crippen LogP contribution in [-0.4, -0.2) is 0 Å². The van der Waals surface area contributed by atoms with Gasteiger partial charge in [-0.1, -0.05) is 12.1 Å². The van der Waals surface area contributed by atoms with Gasteiger partial charge in [-0.2, -0.15) is 5.26 Å². The van der Waals surface area contributed by atoms with Crippen LogP contribution in [0, 0.1) is 23.0 Å². The van der Waals surface area contributed by atoms with Gasteiger partial charge in [0, 0.05) is 11.6 Å². The molecule has 0 unspecified atom stereocenters. The summed E-state index contributed by atoms with van der Waals surface area (Å²) < 4.78 is 31.7. The van der Waals surface area contributed by atoms with Gasteiger partial charge < -0.3 is 4.74 Å². The smallest absolute Gasteiger partial charge is 0.131 e. The first-order chi connectivity index (χ1) is 8.69. The second-order valence-electron chi connectivity index (χ2n) is 3.66. The van der Waals surface area contributed by atoms with E-state index in [0.29, 0.717) is 11.3 Å². The van der Waals surface area contributed by atoms with Crippen LogP contribution in [0.25, 0.3) is 0 Å². The van der Waals surface area contributed by atoms with E-state index in [1.807, 2.05) is 6.07 Å². The quantitative estimate of drug-likeness (QED) is 0.830. The molecule has 2 aromatic carbocycles. The molecule has 0 radical (unpaired) electrons. The third-order valence-corrected chi connectivity index (χ3v) is 2.37. The van der Waals surface area contributed by atoms with Gasteiger partial charge in [0.25, 0.3) is 0 Å². The number of hydrogen-bond donors (Lipinski definition) is 0. The first-order valence-electron chi connectivity index (χ1n) is 5.26. The molecule has 90 valence electrons. The molecule has 0 N–H and O–H groups in total. The summed E-state index contributed by atoms with van der Waals surface area (Å²) in [7, 11) is 0. The van der Waals surface area contributed by atoms with Gasteiger partial charge in [0.05, 0.1) is 11.6 Å². The highest BCUT2D eigenvalue weighted by Crippen LogP contribution is 2.16. The molecule has 2 aromatic rings. The molecule has 0 fully saturated rings. The molecule has 0 amide bonds. The molecule has 0 aliphatic heterocycles. The fourth-order valence-electron chi connectivity index (χ4n) is 1.45. The third-order valence-electron chi connectivity index (χ3n) is 2.37. The molecule has 0 aliphatic rings. The van der Waals surface area contributed by atoms with Crippen LogP contribution in [0.4, 0.5) is 8.78 Å². The maximum atomic E-state index is 13.5. The summed E-state index contributed by atoms with van der Waals surface area (Å²) in [5.74, 6) is -0.586. The number of benzene rings is 2. The Morgan fingerprint density at radius 3 is 2.61 bits per heavy atom. The minimum atomic E-state index is -0.509. The standard InChI is InChI=1S/C14H9F2NO/c15-12-2-1-3-13(7-12)18-9-11-5-4-10(8-17)6-14(11)16/h1-7H,9H2. The van der Waals surface area contributed by atoms with Crippen molar-refractivity contribution in [1.29, 1.82) is 5.26 Å². The van der Waals surface area contributed by atoms with Crippen molar-refractivity contribution in [3.8, 4) is 11.8 Å². The average Bonchev–Trinajstić information content (AvgIpc) is 2.37. The van der Waals surface area contributed by atoms with Crippen molar-refractivity contribution in [2.45, 2.75) is 6.61 Å². The fraction of sp³-hybridized carbons (Fsp3) is 0.0714. The summed E-state index contributed by atoms with van der Waals surface area (Å²) >= 11 is 0. The van der Waals surface area contributed by atoms with Crippen molar-refractivity contribution < 1.29 is 13.5 Å². The predicted octanol–water partition coefficient (Wildman–Crippen LogP) is 3.42. The third kappa shape index (κ3) is 2.83. The Hall–Kier alpha value is -2.41. The van der Waals surface area contributed by atoms with Gasteiger partial charge in [0.1, 0.15) is 24.0 Å². The van der Waals surface area contributed by atoms with Gasteiger partial charge in [-0.25, -0.2) is 8.78 Å². The van der Waals surface area contributed by atoms with E-state index in [-0.39, 0.29) is 12.2 Å². The molecule has 0 aliphatic carbocycles. The normalized spacial score (nSPS) is 9.83. The lowest BCUT2D eigenvalue weighted by molar-refractivity contribution is 0.298. The number of nitriles is 1. The Balaban J connectivity index is 2.09. The Morgan fingerprint density at radius 1 is 1.11 bits per heavy atom. The summed E-state index contributed by atoms with van der Waals surface area (Å²) in [6.45, 7) is -0.0129.